The molecule has 0 radical (unpaired) electrons. The SMILES string of the molecule is CN(Cc1ccccc1-c1ccccc1)C(=O)C1CCNC1.Cl. The minimum Gasteiger partial charge on any atom is -0.341 e. The lowest BCUT2D eigenvalue weighted by Crippen LogP contribution is -2.33. The van der Waals surface area contributed by atoms with Gasteiger partial charge in [0, 0.05) is 20.1 Å². The molecule has 0 spiro atoms. The molecule has 4 heteroatoms. The Morgan fingerprint density at radius 1 is 1.13 bits per heavy atom. The Bertz CT molecular complexity index is 639. The van der Waals surface area contributed by atoms with Crippen molar-refractivity contribution in [3.8, 4) is 11.1 Å². The molecule has 1 atom stereocenters. The molecule has 1 heterocycles. The Morgan fingerprint density at radius 3 is 2.52 bits per heavy atom. The summed E-state index contributed by atoms with van der Waals surface area (Å²) in [5.41, 5.74) is 3.59. The van der Waals surface area contributed by atoms with Crippen molar-refractivity contribution in [2.24, 2.45) is 5.92 Å². The molecule has 1 N–H and O–H groups in total. The summed E-state index contributed by atoms with van der Waals surface area (Å²) in [4.78, 5) is 14.3. The third kappa shape index (κ3) is 4.12. The van der Waals surface area contributed by atoms with Gasteiger partial charge in [0.2, 0.25) is 5.91 Å². The van der Waals surface area contributed by atoms with Crippen molar-refractivity contribution in [2.45, 2.75) is 13.0 Å². The molecule has 3 rings (SSSR count). The molecule has 1 unspecified atom stereocenters. The van der Waals surface area contributed by atoms with Crippen LogP contribution in [-0.2, 0) is 11.3 Å². The average molecular weight is 331 g/mol. The molecule has 23 heavy (non-hydrogen) atoms. The first-order valence-corrected chi connectivity index (χ1v) is 7.85. The van der Waals surface area contributed by atoms with Gasteiger partial charge in [-0.15, -0.1) is 12.4 Å². The van der Waals surface area contributed by atoms with Crippen molar-refractivity contribution < 1.29 is 4.79 Å². The van der Waals surface area contributed by atoms with Crippen LogP contribution in [0.1, 0.15) is 12.0 Å². The molecule has 1 saturated heterocycles. The molecule has 1 fully saturated rings. The van der Waals surface area contributed by atoms with Crippen LogP contribution in [-0.4, -0.2) is 30.9 Å². The molecule has 0 saturated carbocycles. The predicted octanol–water partition coefficient (Wildman–Crippen LogP) is 3.34. The van der Waals surface area contributed by atoms with Gasteiger partial charge in [0.05, 0.1) is 5.92 Å². The maximum Gasteiger partial charge on any atom is 0.227 e. The van der Waals surface area contributed by atoms with Gasteiger partial charge in [-0.1, -0.05) is 54.6 Å². The van der Waals surface area contributed by atoms with E-state index in [0.717, 1.165) is 19.5 Å². The lowest BCUT2D eigenvalue weighted by atomic mass is 9.99. The number of carbonyl (C=O) groups excluding carboxylic acids is 1. The summed E-state index contributed by atoms with van der Waals surface area (Å²) in [6, 6.07) is 18.7. The van der Waals surface area contributed by atoms with E-state index in [1.807, 2.05) is 36.2 Å². The molecular formula is C19H23ClN2O. The zero-order chi connectivity index (χ0) is 15.4. The lowest BCUT2D eigenvalue weighted by Gasteiger charge is -2.22. The van der Waals surface area contributed by atoms with Gasteiger partial charge < -0.3 is 10.2 Å². The van der Waals surface area contributed by atoms with Crippen LogP contribution in [0.25, 0.3) is 11.1 Å². The van der Waals surface area contributed by atoms with Crippen LogP contribution in [0.4, 0.5) is 0 Å². The maximum atomic E-state index is 12.5. The number of amides is 1. The first kappa shape index (κ1) is 17.5. The summed E-state index contributed by atoms with van der Waals surface area (Å²) >= 11 is 0. The second-order valence-electron chi connectivity index (χ2n) is 5.91. The quantitative estimate of drug-likeness (QED) is 0.932. The van der Waals surface area contributed by atoms with E-state index < -0.39 is 0 Å². The summed E-state index contributed by atoms with van der Waals surface area (Å²) < 4.78 is 0. The van der Waals surface area contributed by atoms with E-state index in [1.54, 1.807) is 0 Å². The second-order valence-corrected chi connectivity index (χ2v) is 5.91. The number of nitrogens with zero attached hydrogens (tertiary/aromatic N) is 1. The predicted molar refractivity (Wildman–Crippen MR) is 96.6 cm³/mol. The number of rotatable bonds is 4. The van der Waals surface area contributed by atoms with E-state index in [0.29, 0.717) is 6.54 Å². The smallest absolute Gasteiger partial charge is 0.227 e. The Balaban J connectivity index is 0.00000192. The third-order valence-electron chi connectivity index (χ3n) is 4.30. The van der Waals surface area contributed by atoms with Crippen molar-refractivity contribution >= 4 is 18.3 Å². The monoisotopic (exact) mass is 330 g/mol. The standard InChI is InChI=1S/C19H22N2O.ClH/c1-21(19(22)16-11-12-20-13-16)14-17-9-5-6-10-18(17)15-7-3-2-4-8-15;/h2-10,16,20H,11-14H2,1H3;1H. The van der Waals surface area contributed by atoms with Crippen LogP contribution < -0.4 is 5.32 Å². The van der Waals surface area contributed by atoms with Crippen LogP contribution in [0.2, 0.25) is 0 Å². The summed E-state index contributed by atoms with van der Waals surface area (Å²) in [5, 5.41) is 3.26. The topological polar surface area (TPSA) is 32.3 Å². The van der Waals surface area contributed by atoms with E-state index in [1.165, 1.54) is 16.7 Å². The van der Waals surface area contributed by atoms with Gasteiger partial charge in [0.1, 0.15) is 0 Å². The van der Waals surface area contributed by atoms with E-state index in [-0.39, 0.29) is 24.2 Å². The fourth-order valence-corrected chi connectivity index (χ4v) is 3.07. The van der Waals surface area contributed by atoms with Crippen LogP contribution in [0, 0.1) is 5.92 Å². The van der Waals surface area contributed by atoms with Crippen molar-refractivity contribution in [1.29, 1.82) is 0 Å². The number of carbonyl (C=O) groups is 1. The Morgan fingerprint density at radius 2 is 1.83 bits per heavy atom. The van der Waals surface area contributed by atoms with E-state index in [9.17, 15) is 4.79 Å². The molecule has 1 amide bonds. The van der Waals surface area contributed by atoms with Gasteiger partial charge in [-0.3, -0.25) is 4.79 Å². The first-order valence-electron chi connectivity index (χ1n) is 7.85. The van der Waals surface area contributed by atoms with E-state index >= 15 is 0 Å². The summed E-state index contributed by atoms with van der Waals surface area (Å²) in [7, 11) is 1.91. The number of halogens is 1. The second kappa shape index (κ2) is 8.14. The molecular weight excluding hydrogens is 308 g/mol. The molecule has 1 aliphatic heterocycles. The molecule has 0 bridgehead atoms. The van der Waals surface area contributed by atoms with Crippen LogP contribution in [0.15, 0.2) is 54.6 Å². The third-order valence-corrected chi connectivity index (χ3v) is 4.30. The number of nitrogens with one attached hydrogen (secondary N) is 1. The number of hydrogen-bond donors (Lipinski definition) is 1. The molecule has 1 aliphatic rings. The van der Waals surface area contributed by atoms with Crippen LogP contribution >= 0.6 is 12.4 Å². The number of benzene rings is 2. The Hall–Kier alpha value is -1.84. The fraction of sp³-hybridized carbons (Fsp3) is 0.316. The van der Waals surface area contributed by atoms with Crippen LogP contribution in [0.3, 0.4) is 0 Å². The van der Waals surface area contributed by atoms with Crippen molar-refractivity contribution in [1.82, 2.24) is 10.2 Å². The van der Waals surface area contributed by atoms with Gasteiger partial charge in [-0.2, -0.15) is 0 Å². The lowest BCUT2D eigenvalue weighted by molar-refractivity contribution is -0.134. The molecule has 0 aliphatic carbocycles. The van der Waals surface area contributed by atoms with Gasteiger partial charge in [0.25, 0.3) is 0 Å². The summed E-state index contributed by atoms with van der Waals surface area (Å²) in [5.74, 6) is 0.377. The highest BCUT2D eigenvalue weighted by Crippen LogP contribution is 2.25. The summed E-state index contributed by atoms with van der Waals surface area (Å²) in [6.45, 7) is 2.41. The van der Waals surface area contributed by atoms with E-state index in [2.05, 4.69) is 35.6 Å². The first-order chi connectivity index (χ1) is 10.8. The molecule has 0 aromatic heterocycles. The minimum absolute atomic E-state index is 0. The molecule has 122 valence electrons. The van der Waals surface area contributed by atoms with E-state index in [4.69, 9.17) is 0 Å². The summed E-state index contributed by atoms with van der Waals surface area (Å²) in [6.07, 6.45) is 0.948. The molecule has 2 aromatic rings. The van der Waals surface area contributed by atoms with Crippen molar-refractivity contribution in [2.75, 3.05) is 20.1 Å². The maximum absolute atomic E-state index is 12.5. The van der Waals surface area contributed by atoms with Crippen molar-refractivity contribution in [3.05, 3.63) is 60.2 Å². The van der Waals surface area contributed by atoms with Gasteiger partial charge in [-0.25, -0.2) is 0 Å². The average Bonchev–Trinajstić information content (AvgIpc) is 3.10. The highest BCUT2D eigenvalue weighted by molar-refractivity contribution is 5.85. The van der Waals surface area contributed by atoms with Gasteiger partial charge >= 0.3 is 0 Å². The Labute approximate surface area is 144 Å². The number of hydrogen-bond acceptors (Lipinski definition) is 2. The highest BCUT2D eigenvalue weighted by Gasteiger charge is 2.25. The van der Waals surface area contributed by atoms with Crippen molar-refractivity contribution in [3.63, 3.8) is 0 Å². The normalized spacial score (nSPS) is 16.7. The van der Waals surface area contributed by atoms with Gasteiger partial charge in [-0.05, 0) is 29.7 Å². The fourth-order valence-electron chi connectivity index (χ4n) is 3.07. The molecule has 2 aromatic carbocycles. The zero-order valence-electron chi connectivity index (χ0n) is 13.4. The van der Waals surface area contributed by atoms with Gasteiger partial charge in [0.15, 0.2) is 0 Å². The van der Waals surface area contributed by atoms with Crippen LogP contribution in [0.5, 0.6) is 0 Å². The Kier molecular flexibility index (Phi) is 6.20. The zero-order valence-corrected chi connectivity index (χ0v) is 14.2. The molecule has 3 nitrogen and oxygen atoms in total. The highest BCUT2D eigenvalue weighted by atomic mass is 35.5. The largest absolute Gasteiger partial charge is 0.341 e. The minimum atomic E-state index is 0.